The van der Waals surface area contributed by atoms with E-state index in [9.17, 15) is 9.59 Å². The minimum absolute atomic E-state index is 0.00238. The number of nitrogens with one attached hydrogen (secondary N) is 2. The smallest absolute Gasteiger partial charge is 0.308 e. The second kappa shape index (κ2) is 14.3. The van der Waals surface area contributed by atoms with Gasteiger partial charge in [-0.15, -0.1) is 0 Å². The number of hydrogen-bond donors (Lipinski definition) is 2. The van der Waals surface area contributed by atoms with E-state index in [-0.39, 0.29) is 41.1 Å². The van der Waals surface area contributed by atoms with Gasteiger partial charge < -0.3 is 20.1 Å². The number of carbonyl (C=O) groups excluding carboxylic acids is 2. The molecule has 0 aromatic carbocycles. The van der Waals surface area contributed by atoms with Crippen molar-refractivity contribution in [1.82, 2.24) is 10.6 Å². The summed E-state index contributed by atoms with van der Waals surface area (Å²) in [4.78, 5) is 25.1. The maximum Gasteiger partial charge on any atom is 0.308 e. The van der Waals surface area contributed by atoms with Gasteiger partial charge in [-0.05, 0) is 52.4 Å². The van der Waals surface area contributed by atoms with Crippen LogP contribution in [0.4, 0.5) is 0 Å². The molecule has 0 aliphatic carbocycles. The van der Waals surface area contributed by atoms with Crippen LogP contribution in [0.1, 0.15) is 133 Å². The first-order valence-electron chi connectivity index (χ1n) is 15.1. The van der Waals surface area contributed by atoms with Crippen LogP contribution < -0.4 is 10.6 Å². The second-order valence-corrected chi connectivity index (χ2v) is 14.0. The molecule has 2 aliphatic heterocycles. The molecule has 5 unspecified atom stereocenters. The fourth-order valence-corrected chi connectivity index (χ4v) is 6.06. The third-order valence-electron chi connectivity index (χ3n) is 8.27. The van der Waals surface area contributed by atoms with E-state index in [1.165, 1.54) is 0 Å². The lowest BCUT2D eigenvalue weighted by Crippen LogP contribution is -2.56. The van der Waals surface area contributed by atoms with Gasteiger partial charge in [0.15, 0.2) is 0 Å². The Morgan fingerprint density at radius 1 is 0.730 bits per heavy atom. The lowest BCUT2D eigenvalue weighted by atomic mass is 9.83. The highest BCUT2D eigenvalue weighted by atomic mass is 16.5. The number of rotatable bonds is 13. The van der Waals surface area contributed by atoms with Crippen LogP contribution in [-0.4, -0.2) is 47.3 Å². The van der Waals surface area contributed by atoms with Crippen molar-refractivity contribution in [2.45, 2.75) is 168 Å². The van der Waals surface area contributed by atoms with Crippen molar-refractivity contribution in [2.75, 3.05) is 0 Å². The van der Waals surface area contributed by atoms with Crippen LogP contribution in [-0.2, 0) is 19.1 Å². The summed E-state index contributed by atoms with van der Waals surface area (Å²) in [5, 5.41) is 7.38. The highest BCUT2D eigenvalue weighted by Crippen LogP contribution is 2.29. The lowest BCUT2D eigenvalue weighted by molar-refractivity contribution is -0.157. The van der Waals surface area contributed by atoms with E-state index < -0.39 is 0 Å². The SMILES string of the molecule is CC(CCCCCCCC(=O)OC1CC(C(C)C)NC(C)(C)C1)C(=O)OC1CC(C(C)C)NC(C)(C)C1. The monoisotopic (exact) mass is 522 g/mol. The molecule has 6 nitrogen and oxygen atoms in total. The Balaban J connectivity index is 1.58. The molecule has 0 radical (unpaired) electrons. The summed E-state index contributed by atoms with van der Waals surface area (Å²) in [6.45, 7) is 19.7. The molecule has 2 N–H and O–H groups in total. The van der Waals surface area contributed by atoms with Crippen LogP contribution in [0.25, 0.3) is 0 Å². The van der Waals surface area contributed by atoms with Crippen molar-refractivity contribution < 1.29 is 19.1 Å². The molecular formula is C31H58N2O4. The maximum absolute atomic E-state index is 12.7. The molecule has 0 spiro atoms. The first kappa shape index (κ1) is 32.1. The molecule has 2 rings (SSSR count). The third kappa shape index (κ3) is 11.6. The fourth-order valence-electron chi connectivity index (χ4n) is 6.06. The van der Waals surface area contributed by atoms with Crippen LogP contribution in [0.5, 0.6) is 0 Å². The number of hydrogen-bond acceptors (Lipinski definition) is 6. The second-order valence-electron chi connectivity index (χ2n) is 14.0. The van der Waals surface area contributed by atoms with Gasteiger partial charge in [-0.3, -0.25) is 9.59 Å². The zero-order valence-electron chi connectivity index (χ0n) is 25.5. The zero-order chi connectivity index (χ0) is 27.8. The molecule has 2 heterocycles. The van der Waals surface area contributed by atoms with Crippen LogP contribution in [0.15, 0.2) is 0 Å². The number of ether oxygens (including phenoxy) is 2. The largest absolute Gasteiger partial charge is 0.462 e. The van der Waals surface area contributed by atoms with Gasteiger partial charge in [0.2, 0.25) is 0 Å². The molecule has 37 heavy (non-hydrogen) atoms. The maximum atomic E-state index is 12.7. The van der Waals surface area contributed by atoms with Gasteiger partial charge in [0.05, 0.1) is 5.92 Å². The van der Waals surface area contributed by atoms with Crippen LogP contribution in [0, 0.1) is 17.8 Å². The highest BCUT2D eigenvalue weighted by Gasteiger charge is 2.37. The van der Waals surface area contributed by atoms with Gasteiger partial charge in [0, 0.05) is 55.3 Å². The summed E-state index contributed by atoms with van der Waals surface area (Å²) in [6.07, 6.45) is 10.0. The molecular weight excluding hydrogens is 464 g/mol. The molecule has 216 valence electrons. The quantitative estimate of drug-likeness (QED) is 0.211. The molecule has 6 heteroatoms. The Kier molecular flexibility index (Phi) is 12.4. The fraction of sp³-hybridized carbons (Fsp3) is 0.935. The number of esters is 2. The van der Waals surface area contributed by atoms with E-state index in [4.69, 9.17) is 9.47 Å². The average molecular weight is 523 g/mol. The number of carbonyl (C=O) groups is 2. The molecule has 0 bridgehead atoms. The van der Waals surface area contributed by atoms with Crippen molar-refractivity contribution >= 4 is 11.9 Å². The Bertz CT molecular complexity index is 718. The first-order chi connectivity index (χ1) is 17.2. The summed E-state index contributed by atoms with van der Waals surface area (Å²) in [7, 11) is 0. The normalized spacial score (nSPS) is 28.2. The van der Waals surface area contributed by atoms with Crippen LogP contribution >= 0.6 is 0 Å². The Morgan fingerprint density at radius 3 is 1.70 bits per heavy atom. The topological polar surface area (TPSA) is 76.7 Å². The molecule has 0 aromatic rings. The van der Waals surface area contributed by atoms with E-state index in [0.717, 1.165) is 64.2 Å². The van der Waals surface area contributed by atoms with Crippen LogP contribution in [0.2, 0.25) is 0 Å². The Hall–Kier alpha value is -1.14. The first-order valence-corrected chi connectivity index (χ1v) is 15.1. The van der Waals surface area contributed by atoms with E-state index in [2.05, 4.69) is 66.0 Å². The molecule has 2 saturated heterocycles. The minimum atomic E-state index is -0.0608. The predicted molar refractivity (Wildman–Crippen MR) is 151 cm³/mol. The van der Waals surface area contributed by atoms with Crippen molar-refractivity contribution in [3.05, 3.63) is 0 Å². The molecule has 2 aliphatic rings. The number of unbranched alkanes of at least 4 members (excludes halogenated alkanes) is 4. The zero-order valence-corrected chi connectivity index (χ0v) is 25.5. The van der Waals surface area contributed by atoms with Gasteiger partial charge in [-0.25, -0.2) is 0 Å². The van der Waals surface area contributed by atoms with Gasteiger partial charge >= 0.3 is 11.9 Å². The lowest BCUT2D eigenvalue weighted by Gasteiger charge is -2.43. The summed E-state index contributed by atoms with van der Waals surface area (Å²) in [5.74, 6) is 0.888. The summed E-state index contributed by atoms with van der Waals surface area (Å²) in [6, 6.07) is 0.780. The van der Waals surface area contributed by atoms with Crippen molar-refractivity contribution in [2.24, 2.45) is 17.8 Å². The van der Waals surface area contributed by atoms with E-state index >= 15 is 0 Å². The van der Waals surface area contributed by atoms with Gasteiger partial charge in [-0.2, -0.15) is 0 Å². The molecule has 0 aromatic heterocycles. The third-order valence-corrected chi connectivity index (χ3v) is 8.27. The van der Waals surface area contributed by atoms with E-state index in [1.807, 2.05) is 6.92 Å². The average Bonchev–Trinajstić information content (AvgIpc) is 2.75. The van der Waals surface area contributed by atoms with E-state index in [0.29, 0.717) is 30.3 Å². The van der Waals surface area contributed by atoms with Crippen molar-refractivity contribution in [3.8, 4) is 0 Å². The van der Waals surface area contributed by atoms with Crippen molar-refractivity contribution in [3.63, 3.8) is 0 Å². The number of piperidine rings is 2. The summed E-state index contributed by atoms with van der Waals surface area (Å²) < 4.78 is 11.8. The molecule has 0 saturated carbocycles. The molecule has 5 atom stereocenters. The predicted octanol–water partition coefficient (Wildman–Crippen LogP) is 6.55. The summed E-state index contributed by atoms with van der Waals surface area (Å²) >= 11 is 0. The summed E-state index contributed by atoms with van der Waals surface area (Å²) in [5.41, 5.74) is -0.00308. The van der Waals surface area contributed by atoms with E-state index in [1.54, 1.807) is 0 Å². The minimum Gasteiger partial charge on any atom is -0.462 e. The Morgan fingerprint density at radius 2 is 1.19 bits per heavy atom. The molecule has 2 fully saturated rings. The standard InChI is InChI=1S/C31H58N2O4/c1-21(2)26-17-24(19-30(6,7)32-26)36-28(34)16-14-12-10-11-13-15-23(5)29(35)37-25-18-27(22(3)4)33-31(8,9)20-25/h21-27,32-33H,10-20H2,1-9H3. The highest BCUT2D eigenvalue weighted by molar-refractivity contribution is 5.72. The van der Waals surface area contributed by atoms with Gasteiger partial charge in [0.1, 0.15) is 12.2 Å². The van der Waals surface area contributed by atoms with Gasteiger partial charge in [-0.1, -0.05) is 60.3 Å². The van der Waals surface area contributed by atoms with Gasteiger partial charge in [0.25, 0.3) is 0 Å². The Labute approximate surface area is 227 Å². The molecule has 0 amide bonds. The van der Waals surface area contributed by atoms with Crippen molar-refractivity contribution in [1.29, 1.82) is 0 Å². The van der Waals surface area contributed by atoms with Crippen LogP contribution in [0.3, 0.4) is 0 Å².